The van der Waals surface area contributed by atoms with Gasteiger partial charge in [-0.15, -0.1) is 11.3 Å². The van der Waals surface area contributed by atoms with Gasteiger partial charge in [0.25, 0.3) is 0 Å². The Hall–Kier alpha value is -2.19. The van der Waals surface area contributed by atoms with Crippen molar-refractivity contribution in [2.75, 3.05) is 42.9 Å². The number of carbonyl (C=O) groups excluding carboxylic acids is 1. The summed E-state index contributed by atoms with van der Waals surface area (Å²) >= 11 is 1.61. The van der Waals surface area contributed by atoms with Gasteiger partial charge >= 0.3 is 6.03 Å². The molecular formula is C22H28FN5OS. The Morgan fingerprint density at radius 1 is 1.23 bits per heavy atom. The molecule has 30 heavy (non-hydrogen) atoms. The van der Waals surface area contributed by atoms with E-state index in [9.17, 15) is 9.18 Å². The first-order chi connectivity index (χ1) is 14.6. The molecule has 6 nitrogen and oxygen atoms in total. The van der Waals surface area contributed by atoms with Crippen molar-refractivity contribution in [3.05, 3.63) is 40.2 Å². The Morgan fingerprint density at radius 3 is 2.87 bits per heavy atom. The highest BCUT2D eigenvalue weighted by molar-refractivity contribution is 7.15. The first kappa shape index (κ1) is 19.8. The summed E-state index contributed by atoms with van der Waals surface area (Å²) in [5, 5.41) is 3.74. The maximum absolute atomic E-state index is 13.7. The molecule has 0 aliphatic carbocycles. The molecule has 3 aliphatic rings. The van der Waals surface area contributed by atoms with Gasteiger partial charge in [0.1, 0.15) is 5.82 Å². The van der Waals surface area contributed by atoms with Crippen molar-refractivity contribution in [3.63, 3.8) is 0 Å². The minimum Gasteiger partial charge on any atom is -0.368 e. The van der Waals surface area contributed by atoms with Crippen LogP contribution in [-0.4, -0.2) is 59.6 Å². The Morgan fingerprint density at radius 2 is 2.07 bits per heavy atom. The van der Waals surface area contributed by atoms with Crippen LogP contribution in [0.5, 0.6) is 0 Å². The summed E-state index contributed by atoms with van der Waals surface area (Å²) in [4.78, 5) is 25.3. The highest BCUT2D eigenvalue weighted by Gasteiger charge is 2.31. The third-order valence-electron chi connectivity index (χ3n) is 6.64. The molecule has 2 aromatic rings. The SMILES string of the molecule is CCN1CCc2nc(NC(=O)N3CCC(N4CCc5ccc(F)cc54)CC3)sc2C1. The zero-order valence-electron chi connectivity index (χ0n) is 17.4. The number of carbonyl (C=O) groups is 1. The Kier molecular flexibility index (Phi) is 5.37. The molecule has 2 amide bonds. The fraction of sp³-hybridized carbons (Fsp3) is 0.545. The van der Waals surface area contributed by atoms with Crippen molar-refractivity contribution in [2.24, 2.45) is 0 Å². The number of anilines is 2. The summed E-state index contributed by atoms with van der Waals surface area (Å²) < 4.78 is 13.7. The number of thiazole rings is 1. The predicted molar refractivity (Wildman–Crippen MR) is 118 cm³/mol. The van der Waals surface area contributed by atoms with Crippen molar-refractivity contribution < 1.29 is 9.18 Å². The molecule has 3 aliphatic heterocycles. The summed E-state index contributed by atoms with van der Waals surface area (Å²) in [5.41, 5.74) is 3.40. The van der Waals surface area contributed by atoms with Crippen LogP contribution in [0.1, 0.15) is 35.9 Å². The molecule has 0 spiro atoms. The monoisotopic (exact) mass is 429 g/mol. The first-order valence-electron chi connectivity index (χ1n) is 10.9. The quantitative estimate of drug-likeness (QED) is 0.808. The van der Waals surface area contributed by atoms with Crippen LogP contribution >= 0.6 is 11.3 Å². The van der Waals surface area contributed by atoms with E-state index >= 15 is 0 Å². The summed E-state index contributed by atoms with van der Waals surface area (Å²) in [7, 11) is 0. The van der Waals surface area contributed by atoms with Crippen molar-refractivity contribution in [2.45, 2.75) is 45.2 Å². The number of piperidine rings is 1. The predicted octanol–water partition coefficient (Wildman–Crippen LogP) is 3.72. The van der Waals surface area contributed by atoms with Crippen molar-refractivity contribution in [1.29, 1.82) is 0 Å². The average molecular weight is 430 g/mol. The largest absolute Gasteiger partial charge is 0.368 e. The molecule has 1 fully saturated rings. The van der Waals surface area contributed by atoms with Crippen LogP contribution in [0.25, 0.3) is 0 Å². The van der Waals surface area contributed by atoms with Gasteiger partial charge in [0.05, 0.1) is 5.69 Å². The van der Waals surface area contributed by atoms with Crippen molar-refractivity contribution in [1.82, 2.24) is 14.8 Å². The van der Waals surface area contributed by atoms with Gasteiger partial charge in [0.2, 0.25) is 0 Å². The van der Waals surface area contributed by atoms with Gasteiger partial charge in [-0.3, -0.25) is 10.2 Å². The van der Waals surface area contributed by atoms with E-state index in [1.54, 1.807) is 23.5 Å². The zero-order chi connectivity index (χ0) is 20.7. The van der Waals surface area contributed by atoms with Crippen LogP contribution in [0.4, 0.5) is 20.0 Å². The number of nitrogens with zero attached hydrogens (tertiary/aromatic N) is 4. The van der Waals surface area contributed by atoms with Gasteiger partial charge in [-0.1, -0.05) is 13.0 Å². The summed E-state index contributed by atoms with van der Waals surface area (Å²) in [6, 6.07) is 5.42. The number of aromatic nitrogens is 1. The summed E-state index contributed by atoms with van der Waals surface area (Å²) in [5.74, 6) is -0.175. The van der Waals surface area contributed by atoms with E-state index in [-0.39, 0.29) is 11.8 Å². The van der Waals surface area contributed by atoms with Crippen LogP contribution < -0.4 is 10.2 Å². The second-order valence-electron chi connectivity index (χ2n) is 8.37. The van der Waals surface area contributed by atoms with E-state index in [0.29, 0.717) is 24.3 Å². The number of rotatable bonds is 3. The van der Waals surface area contributed by atoms with Crippen LogP contribution in [0.2, 0.25) is 0 Å². The number of likely N-dealkylation sites (N-methyl/N-ethyl adjacent to an activating group) is 1. The Balaban J connectivity index is 1.17. The molecule has 1 N–H and O–H groups in total. The van der Waals surface area contributed by atoms with Crippen LogP contribution in [0.15, 0.2) is 18.2 Å². The Labute approximate surface area is 180 Å². The van der Waals surface area contributed by atoms with E-state index < -0.39 is 0 Å². The average Bonchev–Trinajstić information content (AvgIpc) is 3.36. The third-order valence-corrected chi connectivity index (χ3v) is 7.64. The highest BCUT2D eigenvalue weighted by atomic mass is 32.1. The number of fused-ring (bicyclic) bond motifs is 2. The maximum Gasteiger partial charge on any atom is 0.323 e. The standard InChI is InChI=1S/C22H28FN5OS/c1-2-26-9-8-18-20(14-26)30-21(24-18)25-22(29)27-10-6-17(7-11-27)28-12-5-15-3-4-16(23)13-19(15)28/h3-4,13,17H,2,5-12,14H2,1H3,(H,24,25,29). The molecule has 1 aromatic heterocycles. The van der Waals surface area contributed by atoms with Gasteiger partial charge in [-0.25, -0.2) is 14.2 Å². The topological polar surface area (TPSA) is 51.7 Å². The van der Waals surface area contributed by atoms with Gasteiger partial charge in [-0.2, -0.15) is 0 Å². The van der Waals surface area contributed by atoms with Crippen LogP contribution in [0, 0.1) is 5.82 Å². The third kappa shape index (κ3) is 3.78. The van der Waals surface area contributed by atoms with E-state index in [2.05, 4.69) is 27.0 Å². The number of benzene rings is 1. The molecule has 160 valence electrons. The first-order valence-corrected chi connectivity index (χ1v) is 11.7. The lowest BCUT2D eigenvalue weighted by molar-refractivity contribution is 0.193. The molecular weight excluding hydrogens is 401 g/mol. The molecule has 8 heteroatoms. The van der Waals surface area contributed by atoms with Gasteiger partial charge in [-0.05, 0) is 43.5 Å². The van der Waals surface area contributed by atoms with Crippen molar-refractivity contribution >= 4 is 28.2 Å². The molecule has 1 aromatic carbocycles. The van der Waals surface area contributed by atoms with E-state index in [0.717, 1.165) is 63.2 Å². The fourth-order valence-corrected chi connectivity index (χ4v) is 5.92. The number of amides is 2. The summed E-state index contributed by atoms with van der Waals surface area (Å²) in [6.07, 6.45) is 3.74. The molecule has 0 unspecified atom stereocenters. The van der Waals surface area contributed by atoms with Gasteiger partial charge in [0, 0.05) is 55.8 Å². The van der Waals surface area contributed by atoms with Crippen LogP contribution in [-0.2, 0) is 19.4 Å². The summed E-state index contributed by atoms with van der Waals surface area (Å²) in [6.45, 7) is 7.56. The molecule has 0 atom stereocenters. The van der Waals surface area contributed by atoms with Crippen LogP contribution in [0.3, 0.4) is 0 Å². The lowest BCUT2D eigenvalue weighted by atomic mass is 10.0. The number of hydrogen-bond acceptors (Lipinski definition) is 5. The highest BCUT2D eigenvalue weighted by Crippen LogP contribution is 2.33. The second-order valence-corrected chi connectivity index (χ2v) is 9.46. The fourth-order valence-electron chi connectivity index (χ4n) is 4.88. The van der Waals surface area contributed by atoms with Gasteiger partial charge < -0.3 is 9.80 Å². The number of hydrogen-bond donors (Lipinski definition) is 1. The minimum absolute atomic E-state index is 0.0558. The zero-order valence-corrected chi connectivity index (χ0v) is 18.2. The number of urea groups is 1. The van der Waals surface area contributed by atoms with E-state index in [1.165, 1.54) is 10.4 Å². The molecule has 0 bridgehead atoms. The van der Waals surface area contributed by atoms with Gasteiger partial charge in [0.15, 0.2) is 5.13 Å². The van der Waals surface area contributed by atoms with E-state index in [1.807, 2.05) is 11.0 Å². The number of likely N-dealkylation sites (tertiary alicyclic amines) is 1. The Bertz CT molecular complexity index is 940. The van der Waals surface area contributed by atoms with Crippen molar-refractivity contribution in [3.8, 4) is 0 Å². The molecule has 1 saturated heterocycles. The molecule has 0 saturated carbocycles. The maximum atomic E-state index is 13.7. The molecule has 4 heterocycles. The van der Waals surface area contributed by atoms with E-state index in [4.69, 9.17) is 0 Å². The lowest BCUT2D eigenvalue weighted by Crippen LogP contribution is -2.47. The minimum atomic E-state index is -0.175. The second kappa shape index (κ2) is 8.15. The number of nitrogens with one attached hydrogen (secondary N) is 1. The number of halogens is 1. The lowest BCUT2D eigenvalue weighted by Gasteiger charge is -2.38. The molecule has 0 radical (unpaired) electrons. The molecule has 5 rings (SSSR count). The normalized spacial score (nSPS) is 19.7. The smallest absolute Gasteiger partial charge is 0.323 e.